The van der Waals surface area contributed by atoms with Crippen molar-refractivity contribution in [3.05, 3.63) is 84.8 Å². The molecule has 2 aromatic heterocycles. The van der Waals surface area contributed by atoms with Gasteiger partial charge in [0.15, 0.2) is 10.5 Å². The van der Waals surface area contributed by atoms with Gasteiger partial charge < -0.3 is 4.57 Å². The zero-order chi connectivity index (χ0) is 23.7. The third kappa shape index (κ3) is 4.35. The third-order valence-electron chi connectivity index (χ3n) is 5.98. The van der Waals surface area contributed by atoms with Crippen LogP contribution in [0.3, 0.4) is 0 Å². The second-order valence-corrected chi connectivity index (χ2v) is 9.57. The molecule has 0 radical (unpaired) electrons. The molecule has 0 fully saturated rings. The van der Waals surface area contributed by atoms with Gasteiger partial charge in [0.1, 0.15) is 0 Å². The highest BCUT2D eigenvalue weighted by atomic mass is 35.5. The van der Waals surface area contributed by atoms with Crippen molar-refractivity contribution < 1.29 is 0 Å². The van der Waals surface area contributed by atoms with Crippen molar-refractivity contribution >= 4 is 40.2 Å². The number of halogens is 2. The van der Waals surface area contributed by atoms with Crippen molar-refractivity contribution in [2.45, 2.75) is 39.7 Å². The number of aromatic nitrogens is 3. The summed E-state index contributed by atoms with van der Waals surface area (Å²) in [5, 5.41) is 3.30. The Morgan fingerprint density at radius 1 is 1.06 bits per heavy atom. The minimum atomic E-state index is -0.145. The fourth-order valence-corrected chi connectivity index (χ4v) is 5.43. The van der Waals surface area contributed by atoms with Gasteiger partial charge in [0, 0.05) is 29.1 Å². The molecule has 2 aromatic carbocycles. The van der Waals surface area contributed by atoms with Gasteiger partial charge in [0.2, 0.25) is 0 Å². The highest BCUT2D eigenvalue weighted by Gasteiger charge is 2.20. The van der Waals surface area contributed by atoms with Gasteiger partial charge in [-0.05, 0) is 50.1 Å². The Labute approximate surface area is 207 Å². The first-order valence-corrected chi connectivity index (χ1v) is 12.5. The summed E-state index contributed by atoms with van der Waals surface area (Å²) >= 11 is 14.3. The average Bonchev–Trinajstić information content (AvgIpc) is 3.31. The van der Waals surface area contributed by atoms with Gasteiger partial charge in [-0.1, -0.05) is 55.2 Å². The normalized spacial score (nSPS) is 12.2. The van der Waals surface area contributed by atoms with Gasteiger partial charge in [-0.3, -0.25) is 9.48 Å². The van der Waals surface area contributed by atoms with Crippen molar-refractivity contribution in [2.75, 3.05) is 0 Å². The topological polar surface area (TPSA) is 44.2 Å². The van der Waals surface area contributed by atoms with Gasteiger partial charge in [0.05, 0.1) is 22.1 Å². The minimum absolute atomic E-state index is 0.145. The van der Waals surface area contributed by atoms with Gasteiger partial charge >= 0.3 is 0 Å². The molecule has 4 rings (SSSR count). The van der Waals surface area contributed by atoms with Gasteiger partial charge in [-0.15, -0.1) is 11.3 Å². The molecule has 0 spiro atoms. The number of thiazole rings is 1. The second kappa shape index (κ2) is 9.75. The van der Waals surface area contributed by atoms with E-state index in [1.807, 2.05) is 66.5 Å². The predicted molar refractivity (Wildman–Crippen MR) is 138 cm³/mol. The molecule has 2 heterocycles. The number of benzene rings is 2. The zero-order valence-electron chi connectivity index (χ0n) is 19.0. The lowest BCUT2D eigenvalue weighted by Crippen LogP contribution is -2.22. The SMILES string of the molecule is CCC(CC)n1c(-c2cc(Cl)ccc2Cl)csc1=Nc1c(C)n(C)n(-c2ccccc2)c1=O. The molecular formula is C25H26Cl2N4OS. The summed E-state index contributed by atoms with van der Waals surface area (Å²) in [6, 6.07) is 15.3. The largest absolute Gasteiger partial charge is 0.313 e. The van der Waals surface area contributed by atoms with E-state index in [1.54, 1.807) is 10.7 Å². The molecule has 4 aromatic rings. The lowest BCUT2D eigenvalue weighted by molar-refractivity contribution is 0.466. The fraction of sp³-hybridized carbons (Fsp3) is 0.280. The van der Waals surface area contributed by atoms with Crippen LogP contribution in [-0.2, 0) is 7.05 Å². The van der Waals surface area contributed by atoms with Crippen LogP contribution >= 0.6 is 34.5 Å². The number of rotatable bonds is 6. The van der Waals surface area contributed by atoms with Crippen LogP contribution in [0.5, 0.6) is 0 Å². The first-order valence-electron chi connectivity index (χ1n) is 10.9. The Kier molecular flexibility index (Phi) is 6.98. The van der Waals surface area contributed by atoms with Crippen LogP contribution < -0.4 is 10.4 Å². The summed E-state index contributed by atoms with van der Waals surface area (Å²) in [6.07, 6.45) is 1.85. The van der Waals surface area contributed by atoms with Crippen molar-refractivity contribution in [1.29, 1.82) is 0 Å². The summed E-state index contributed by atoms with van der Waals surface area (Å²) in [4.78, 5) is 19.1. The summed E-state index contributed by atoms with van der Waals surface area (Å²) in [6.45, 7) is 6.23. The molecule has 0 saturated heterocycles. The maximum Gasteiger partial charge on any atom is 0.297 e. The lowest BCUT2D eigenvalue weighted by atomic mass is 10.1. The zero-order valence-corrected chi connectivity index (χ0v) is 21.4. The summed E-state index contributed by atoms with van der Waals surface area (Å²) in [7, 11) is 1.88. The minimum Gasteiger partial charge on any atom is -0.313 e. The Hall–Kier alpha value is -2.54. The maximum absolute atomic E-state index is 13.4. The Balaban J connectivity index is 1.98. The quantitative estimate of drug-likeness (QED) is 0.283. The molecule has 0 N–H and O–H groups in total. The second-order valence-electron chi connectivity index (χ2n) is 7.89. The van der Waals surface area contributed by atoms with E-state index >= 15 is 0 Å². The highest BCUT2D eigenvalue weighted by Crippen LogP contribution is 2.33. The van der Waals surface area contributed by atoms with Gasteiger partial charge in [-0.2, -0.15) is 0 Å². The molecule has 0 bridgehead atoms. The van der Waals surface area contributed by atoms with Crippen LogP contribution in [-0.4, -0.2) is 13.9 Å². The Morgan fingerprint density at radius 3 is 2.42 bits per heavy atom. The van der Waals surface area contributed by atoms with E-state index in [0.29, 0.717) is 15.7 Å². The number of para-hydroxylation sites is 1. The van der Waals surface area contributed by atoms with Gasteiger partial charge in [0.25, 0.3) is 5.56 Å². The monoisotopic (exact) mass is 500 g/mol. The molecular weight excluding hydrogens is 475 g/mol. The molecule has 8 heteroatoms. The molecule has 0 amide bonds. The molecule has 0 saturated carbocycles. The Bertz CT molecular complexity index is 1410. The van der Waals surface area contributed by atoms with Crippen LogP contribution in [0.4, 0.5) is 5.69 Å². The molecule has 0 atom stereocenters. The smallest absolute Gasteiger partial charge is 0.297 e. The van der Waals surface area contributed by atoms with Crippen molar-refractivity contribution in [1.82, 2.24) is 13.9 Å². The fourth-order valence-electron chi connectivity index (χ4n) is 4.08. The van der Waals surface area contributed by atoms with Crippen molar-refractivity contribution in [3.63, 3.8) is 0 Å². The molecule has 0 aliphatic rings. The number of hydrogen-bond donors (Lipinski definition) is 0. The summed E-state index contributed by atoms with van der Waals surface area (Å²) < 4.78 is 5.69. The summed E-state index contributed by atoms with van der Waals surface area (Å²) in [5.74, 6) is 0. The standard InChI is InChI=1S/C25H26Cl2N4OS/c1-5-18(6-2)30-22(20-14-17(26)12-13-21(20)27)15-33-25(30)28-23-16(3)29(4)31(24(23)32)19-10-8-7-9-11-19/h7-15,18H,5-6H2,1-4H3. The molecule has 33 heavy (non-hydrogen) atoms. The third-order valence-corrected chi connectivity index (χ3v) is 7.39. The molecule has 0 aliphatic heterocycles. The molecule has 172 valence electrons. The van der Waals surface area contributed by atoms with E-state index in [4.69, 9.17) is 28.2 Å². The number of nitrogens with zero attached hydrogens (tertiary/aromatic N) is 4. The van der Waals surface area contributed by atoms with Crippen LogP contribution in [0.15, 0.2) is 63.7 Å². The summed E-state index contributed by atoms with van der Waals surface area (Å²) in [5.41, 5.74) is 3.72. The predicted octanol–water partition coefficient (Wildman–Crippen LogP) is 6.91. The van der Waals surface area contributed by atoms with Crippen molar-refractivity contribution in [2.24, 2.45) is 12.0 Å². The molecule has 0 aliphatic carbocycles. The van der Waals surface area contributed by atoms with Crippen molar-refractivity contribution in [3.8, 4) is 16.9 Å². The van der Waals surface area contributed by atoms with Crippen LogP contribution in [0, 0.1) is 6.92 Å². The average molecular weight is 501 g/mol. The Morgan fingerprint density at radius 2 is 1.76 bits per heavy atom. The number of hydrogen-bond acceptors (Lipinski definition) is 3. The first kappa shape index (κ1) is 23.6. The highest BCUT2D eigenvalue weighted by molar-refractivity contribution is 7.07. The molecule has 0 unspecified atom stereocenters. The van der Waals surface area contributed by atoms with E-state index in [-0.39, 0.29) is 11.6 Å². The van der Waals surface area contributed by atoms with E-state index in [9.17, 15) is 4.79 Å². The van der Waals surface area contributed by atoms with E-state index in [0.717, 1.165) is 40.3 Å². The van der Waals surface area contributed by atoms with E-state index in [1.165, 1.54) is 11.3 Å². The van der Waals surface area contributed by atoms with E-state index < -0.39 is 0 Å². The maximum atomic E-state index is 13.4. The van der Waals surface area contributed by atoms with Crippen LogP contribution in [0.25, 0.3) is 16.9 Å². The molecule has 5 nitrogen and oxygen atoms in total. The van der Waals surface area contributed by atoms with E-state index in [2.05, 4.69) is 18.4 Å². The van der Waals surface area contributed by atoms with Crippen LogP contribution in [0.2, 0.25) is 10.0 Å². The van der Waals surface area contributed by atoms with Gasteiger partial charge in [-0.25, -0.2) is 9.67 Å². The first-order chi connectivity index (χ1) is 15.9. The lowest BCUT2D eigenvalue weighted by Gasteiger charge is -2.19. The van der Waals surface area contributed by atoms with Crippen LogP contribution in [0.1, 0.15) is 38.4 Å².